The molecule has 2 nitrogen and oxygen atoms in total. The molecule has 0 bridgehead atoms. The van der Waals surface area contributed by atoms with Gasteiger partial charge in [0.15, 0.2) is 0 Å². The molecule has 2 heterocycles. The Bertz CT molecular complexity index is 157. The van der Waals surface area contributed by atoms with Crippen LogP contribution in [-0.2, 0) is 0 Å². The summed E-state index contributed by atoms with van der Waals surface area (Å²) in [5.74, 6) is 3.78. The molecule has 13 heavy (non-hydrogen) atoms. The van der Waals surface area contributed by atoms with Gasteiger partial charge in [0.2, 0.25) is 0 Å². The highest BCUT2D eigenvalue weighted by Crippen LogP contribution is 2.24. The molecule has 0 aromatic heterocycles. The van der Waals surface area contributed by atoms with Crippen molar-refractivity contribution in [1.29, 1.82) is 0 Å². The zero-order valence-corrected chi connectivity index (χ0v) is 9.28. The summed E-state index contributed by atoms with van der Waals surface area (Å²) in [5.41, 5.74) is 0. The van der Waals surface area contributed by atoms with Crippen LogP contribution in [0.25, 0.3) is 0 Å². The van der Waals surface area contributed by atoms with E-state index < -0.39 is 0 Å². The van der Waals surface area contributed by atoms with E-state index in [0.29, 0.717) is 6.04 Å². The summed E-state index contributed by atoms with van der Waals surface area (Å²) in [4.78, 5) is 2.64. The average molecular weight is 200 g/mol. The van der Waals surface area contributed by atoms with Crippen molar-refractivity contribution >= 4 is 11.8 Å². The summed E-state index contributed by atoms with van der Waals surface area (Å²) < 4.78 is 0. The SMILES string of the molecule is CC1CN(CC2CCSC2)CCN1. The van der Waals surface area contributed by atoms with Gasteiger partial charge in [0, 0.05) is 32.2 Å². The van der Waals surface area contributed by atoms with Crippen molar-refractivity contribution in [3.05, 3.63) is 0 Å². The van der Waals surface area contributed by atoms with E-state index in [1.165, 1.54) is 44.1 Å². The Morgan fingerprint density at radius 3 is 3.15 bits per heavy atom. The molecule has 2 rings (SSSR count). The zero-order valence-electron chi connectivity index (χ0n) is 8.46. The molecule has 2 atom stereocenters. The molecule has 2 unspecified atom stereocenters. The molecule has 0 aromatic carbocycles. The number of piperazine rings is 1. The van der Waals surface area contributed by atoms with Crippen LogP contribution in [0.2, 0.25) is 0 Å². The third-order valence-corrected chi connectivity index (χ3v) is 4.22. The van der Waals surface area contributed by atoms with Gasteiger partial charge in [-0.3, -0.25) is 0 Å². The number of hydrogen-bond donors (Lipinski definition) is 1. The summed E-state index contributed by atoms with van der Waals surface area (Å²) in [5, 5.41) is 3.49. The maximum absolute atomic E-state index is 3.49. The number of nitrogens with zero attached hydrogens (tertiary/aromatic N) is 1. The van der Waals surface area contributed by atoms with E-state index in [1.54, 1.807) is 0 Å². The first-order chi connectivity index (χ1) is 6.34. The number of rotatable bonds is 2. The molecule has 0 saturated carbocycles. The monoisotopic (exact) mass is 200 g/mol. The van der Waals surface area contributed by atoms with Gasteiger partial charge in [0.05, 0.1) is 0 Å². The Morgan fingerprint density at radius 2 is 2.46 bits per heavy atom. The molecular weight excluding hydrogens is 180 g/mol. The summed E-state index contributed by atoms with van der Waals surface area (Å²) in [7, 11) is 0. The molecule has 2 aliphatic rings. The average Bonchev–Trinajstić information content (AvgIpc) is 2.57. The van der Waals surface area contributed by atoms with Crippen molar-refractivity contribution in [2.24, 2.45) is 5.92 Å². The second-order valence-corrected chi connectivity index (χ2v) is 5.49. The second kappa shape index (κ2) is 4.67. The molecule has 0 radical (unpaired) electrons. The van der Waals surface area contributed by atoms with Crippen molar-refractivity contribution in [2.45, 2.75) is 19.4 Å². The van der Waals surface area contributed by atoms with Crippen molar-refractivity contribution < 1.29 is 0 Å². The van der Waals surface area contributed by atoms with Crippen molar-refractivity contribution in [2.75, 3.05) is 37.7 Å². The first-order valence-corrected chi connectivity index (χ1v) is 6.53. The van der Waals surface area contributed by atoms with Gasteiger partial charge in [-0.25, -0.2) is 0 Å². The molecule has 0 spiro atoms. The minimum Gasteiger partial charge on any atom is -0.312 e. The number of nitrogens with one attached hydrogen (secondary N) is 1. The first-order valence-electron chi connectivity index (χ1n) is 5.38. The van der Waals surface area contributed by atoms with Gasteiger partial charge >= 0.3 is 0 Å². The quantitative estimate of drug-likeness (QED) is 0.717. The maximum atomic E-state index is 3.49. The highest BCUT2D eigenvalue weighted by Gasteiger charge is 2.21. The Kier molecular flexibility index (Phi) is 3.52. The van der Waals surface area contributed by atoms with E-state index in [4.69, 9.17) is 0 Å². The predicted molar refractivity (Wildman–Crippen MR) is 59.3 cm³/mol. The van der Waals surface area contributed by atoms with Crippen molar-refractivity contribution in [3.63, 3.8) is 0 Å². The molecule has 0 aromatic rings. The Hall–Kier alpha value is 0.270. The van der Waals surface area contributed by atoms with Crippen molar-refractivity contribution in [3.8, 4) is 0 Å². The smallest absolute Gasteiger partial charge is 0.0167 e. The Balaban J connectivity index is 1.73. The molecule has 76 valence electrons. The number of thioether (sulfide) groups is 1. The third-order valence-electron chi connectivity index (χ3n) is 2.99. The lowest BCUT2D eigenvalue weighted by Crippen LogP contribution is -2.50. The lowest BCUT2D eigenvalue weighted by atomic mass is 10.1. The normalized spacial score (nSPS) is 36.7. The summed E-state index contributed by atoms with van der Waals surface area (Å²) in [6.07, 6.45) is 1.45. The van der Waals surface area contributed by atoms with Crippen LogP contribution >= 0.6 is 11.8 Å². The highest BCUT2D eigenvalue weighted by atomic mass is 32.2. The largest absolute Gasteiger partial charge is 0.312 e. The van der Waals surface area contributed by atoms with Crippen molar-refractivity contribution in [1.82, 2.24) is 10.2 Å². The first kappa shape index (κ1) is 9.81. The van der Waals surface area contributed by atoms with Crippen LogP contribution in [0.4, 0.5) is 0 Å². The van der Waals surface area contributed by atoms with Crippen LogP contribution < -0.4 is 5.32 Å². The fraction of sp³-hybridized carbons (Fsp3) is 1.00. The van der Waals surface area contributed by atoms with Gasteiger partial charge in [-0.2, -0.15) is 11.8 Å². The van der Waals surface area contributed by atoms with E-state index in [-0.39, 0.29) is 0 Å². The molecule has 0 amide bonds. The van der Waals surface area contributed by atoms with E-state index in [9.17, 15) is 0 Å². The van der Waals surface area contributed by atoms with Gasteiger partial charge in [-0.1, -0.05) is 0 Å². The maximum Gasteiger partial charge on any atom is 0.0167 e. The van der Waals surface area contributed by atoms with E-state index in [0.717, 1.165) is 5.92 Å². The van der Waals surface area contributed by atoms with Crippen LogP contribution in [-0.4, -0.2) is 48.6 Å². The van der Waals surface area contributed by atoms with Crippen LogP contribution in [0.15, 0.2) is 0 Å². The molecule has 2 fully saturated rings. The second-order valence-electron chi connectivity index (χ2n) is 4.34. The molecule has 0 aliphatic carbocycles. The molecule has 3 heteroatoms. The zero-order chi connectivity index (χ0) is 9.10. The summed E-state index contributed by atoms with van der Waals surface area (Å²) >= 11 is 2.13. The van der Waals surface area contributed by atoms with E-state index in [1.807, 2.05) is 0 Å². The van der Waals surface area contributed by atoms with E-state index >= 15 is 0 Å². The molecule has 1 N–H and O–H groups in total. The summed E-state index contributed by atoms with van der Waals surface area (Å²) in [6.45, 7) is 7.32. The summed E-state index contributed by atoms with van der Waals surface area (Å²) in [6, 6.07) is 0.697. The fourth-order valence-electron chi connectivity index (χ4n) is 2.27. The fourth-order valence-corrected chi connectivity index (χ4v) is 3.54. The van der Waals surface area contributed by atoms with Gasteiger partial charge in [-0.15, -0.1) is 0 Å². The van der Waals surface area contributed by atoms with Gasteiger partial charge in [0.25, 0.3) is 0 Å². The minimum absolute atomic E-state index is 0.697. The number of hydrogen-bond acceptors (Lipinski definition) is 3. The van der Waals surface area contributed by atoms with E-state index in [2.05, 4.69) is 28.9 Å². The van der Waals surface area contributed by atoms with Crippen LogP contribution in [0, 0.1) is 5.92 Å². The van der Waals surface area contributed by atoms with Gasteiger partial charge < -0.3 is 10.2 Å². The highest BCUT2D eigenvalue weighted by molar-refractivity contribution is 7.99. The third kappa shape index (κ3) is 2.86. The predicted octanol–water partition coefficient (Wildman–Crippen LogP) is 1.03. The van der Waals surface area contributed by atoms with Crippen LogP contribution in [0.5, 0.6) is 0 Å². The Morgan fingerprint density at radius 1 is 1.54 bits per heavy atom. The molecular formula is C10H20N2S. The lowest BCUT2D eigenvalue weighted by Gasteiger charge is -2.33. The standard InChI is InChI=1S/C10H20N2S/c1-9-6-12(4-3-11-9)7-10-2-5-13-8-10/h9-11H,2-8H2,1H3. The van der Waals surface area contributed by atoms with Gasteiger partial charge in [-0.05, 0) is 30.8 Å². The minimum atomic E-state index is 0.697. The Labute approximate surface area is 85.4 Å². The molecule has 2 aliphatic heterocycles. The topological polar surface area (TPSA) is 15.3 Å². The van der Waals surface area contributed by atoms with Gasteiger partial charge in [0.1, 0.15) is 0 Å². The van der Waals surface area contributed by atoms with Crippen LogP contribution in [0.1, 0.15) is 13.3 Å². The van der Waals surface area contributed by atoms with Crippen LogP contribution in [0.3, 0.4) is 0 Å². The molecule has 2 saturated heterocycles. The lowest BCUT2D eigenvalue weighted by molar-refractivity contribution is 0.185.